The largest absolute Gasteiger partial charge is 0.348 e. The van der Waals surface area contributed by atoms with Gasteiger partial charge in [-0.1, -0.05) is 29.8 Å². The maximum Gasteiger partial charge on any atom is 0.0405 e. The molecule has 0 heterocycles. The Morgan fingerprint density at radius 3 is 2.13 bits per heavy atom. The van der Waals surface area contributed by atoms with Crippen LogP contribution in [0.15, 0.2) is 53.8 Å². The number of nitrogens with zero attached hydrogens (tertiary/aromatic N) is 1. The van der Waals surface area contributed by atoms with Crippen LogP contribution in [0.4, 0.5) is 5.69 Å². The first-order valence-electron chi connectivity index (χ1n) is 5.22. The fraction of sp³-hybridized carbons (Fsp3) is 0.286. The van der Waals surface area contributed by atoms with Gasteiger partial charge in [0.05, 0.1) is 0 Å². The minimum absolute atomic E-state index is 1.22. The second kappa shape index (κ2) is 5.40. The summed E-state index contributed by atoms with van der Waals surface area (Å²) >= 11 is 0. The van der Waals surface area contributed by atoms with E-state index >= 15 is 0 Å². The maximum absolute atomic E-state index is 2.18. The number of hydrogen-bond donors (Lipinski definition) is 0. The van der Waals surface area contributed by atoms with Crippen molar-refractivity contribution in [2.75, 3.05) is 11.9 Å². The van der Waals surface area contributed by atoms with Crippen molar-refractivity contribution in [3.05, 3.63) is 53.8 Å². The molecule has 0 spiro atoms. The second-order valence-corrected chi connectivity index (χ2v) is 3.95. The fourth-order valence-electron chi connectivity index (χ4n) is 1.25. The lowest BCUT2D eigenvalue weighted by Gasteiger charge is -2.19. The third-order valence-corrected chi connectivity index (χ3v) is 2.33. The van der Waals surface area contributed by atoms with E-state index in [2.05, 4.69) is 69.1 Å². The summed E-state index contributed by atoms with van der Waals surface area (Å²) in [6, 6.07) is 10.4. The Bertz CT molecular complexity index is 356. The van der Waals surface area contributed by atoms with Gasteiger partial charge in [-0.05, 0) is 39.0 Å². The SMILES string of the molecule is CC(C)=CC=C(C)N(C)c1ccccc1. The Balaban J connectivity index is 2.82. The van der Waals surface area contributed by atoms with E-state index in [1.54, 1.807) is 0 Å². The molecule has 15 heavy (non-hydrogen) atoms. The monoisotopic (exact) mass is 201 g/mol. The molecule has 0 amide bonds. The van der Waals surface area contributed by atoms with Crippen LogP contribution >= 0.6 is 0 Å². The van der Waals surface area contributed by atoms with Crippen molar-refractivity contribution >= 4 is 5.69 Å². The Kier molecular flexibility index (Phi) is 4.17. The third-order valence-electron chi connectivity index (χ3n) is 2.33. The van der Waals surface area contributed by atoms with E-state index in [1.165, 1.54) is 17.0 Å². The van der Waals surface area contributed by atoms with Crippen molar-refractivity contribution in [1.29, 1.82) is 0 Å². The summed E-state index contributed by atoms with van der Waals surface area (Å²) in [6.07, 6.45) is 4.27. The first-order valence-corrected chi connectivity index (χ1v) is 5.22. The van der Waals surface area contributed by atoms with Gasteiger partial charge < -0.3 is 4.90 Å². The van der Waals surface area contributed by atoms with Crippen LogP contribution in [-0.4, -0.2) is 7.05 Å². The van der Waals surface area contributed by atoms with Gasteiger partial charge in [-0.25, -0.2) is 0 Å². The lowest BCUT2D eigenvalue weighted by Crippen LogP contribution is -2.13. The molecule has 0 atom stereocenters. The van der Waals surface area contributed by atoms with Crippen molar-refractivity contribution < 1.29 is 0 Å². The average molecular weight is 201 g/mol. The van der Waals surface area contributed by atoms with Gasteiger partial charge >= 0.3 is 0 Å². The molecule has 0 saturated heterocycles. The molecular formula is C14H19N. The summed E-state index contributed by atoms with van der Waals surface area (Å²) in [5.74, 6) is 0. The minimum Gasteiger partial charge on any atom is -0.348 e. The minimum atomic E-state index is 1.22. The van der Waals surface area contributed by atoms with Gasteiger partial charge in [0.1, 0.15) is 0 Å². The van der Waals surface area contributed by atoms with Crippen molar-refractivity contribution in [2.45, 2.75) is 20.8 Å². The molecular weight excluding hydrogens is 182 g/mol. The summed E-state index contributed by atoms with van der Waals surface area (Å²) in [5, 5.41) is 0. The summed E-state index contributed by atoms with van der Waals surface area (Å²) in [5.41, 5.74) is 3.77. The van der Waals surface area contributed by atoms with E-state index in [-0.39, 0.29) is 0 Å². The molecule has 1 aromatic rings. The average Bonchev–Trinajstić information content (AvgIpc) is 2.26. The van der Waals surface area contributed by atoms with Gasteiger partial charge in [-0.2, -0.15) is 0 Å². The van der Waals surface area contributed by atoms with Gasteiger partial charge in [0.15, 0.2) is 0 Å². The molecule has 1 heteroatoms. The van der Waals surface area contributed by atoms with Crippen LogP contribution in [0.5, 0.6) is 0 Å². The predicted molar refractivity (Wildman–Crippen MR) is 68.0 cm³/mol. The molecule has 0 saturated carbocycles. The van der Waals surface area contributed by atoms with E-state index in [1.807, 2.05) is 6.07 Å². The summed E-state index contributed by atoms with van der Waals surface area (Å²) in [6.45, 7) is 6.32. The molecule has 80 valence electrons. The molecule has 1 aromatic carbocycles. The Labute approximate surface area is 92.7 Å². The van der Waals surface area contributed by atoms with Crippen molar-refractivity contribution in [1.82, 2.24) is 0 Å². The first-order chi connectivity index (χ1) is 7.11. The molecule has 0 aromatic heterocycles. The topological polar surface area (TPSA) is 3.24 Å². The Hall–Kier alpha value is -1.50. The van der Waals surface area contributed by atoms with Gasteiger partial charge in [-0.3, -0.25) is 0 Å². The van der Waals surface area contributed by atoms with Crippen LogP contribution in [-0.2, 0) is 0 Å². The van der Waals surface area contributed by atoms with E-state index in [0.717, 1.165) is 0 Å². The van der Waals surface area contributed by atoms with Crippen LogP contribution in [0.1, 0.15) is 20.8 Å². The Morgan fingerprint density at radius 2 is 1.60 bits per heavy atom. The zero-order valence-corrected chi connectivity index (χ0v) is 9.99. The molecule has 1 rings (SSSR count). The zero-order chi connectivity index (χ0) is 11.3. The van der Waals surface area contributed by atoms with Crippen LogP contribution in [0.3, 0.4) is 0 Å². The molecule has 0 N–H and O–H groups in total. The van der Waals surface area contributed by atoms with Crippen molar-refractivity contribution in [2.24, 2.45) is 0 Å². The van der Waals surface area contributed by atoms with Crippen LogP contribution in [0.25, 0.3) is 0 Å². The lowest BCUT2D eigenvalue weighted by molar-refractivity contribution is 1.09. The quantitative estimate of drug-likeness (QED) is 0.668. The highest BCUT2D eigenvalue weighted by Gasteiger charge is 1.99. The first kappa shape index (κ1) is 11.6. The number of anilines is 1. The molecule has 0 bridgehead atoms. The van der Waals surface area contributed by atoms with Gasteiger partial charge in [0.25, 0.3) is 0 Å². The Morgan fingerprint density at radius 1 is 1.00 bits per heavy atom. The van der Waals surface area contributed by atoms with Crippen LogP contribution in [0.2, 0.25) is 0 Å². The van der Waals surface area contributed by atoms with Crippen LogP contribution < -0.4 is 4.90 Å². The van der Waals surface area contributed by atoms with Crippen LogP contribution in [0, 0.1) is 0 Å². The molecule has 0 aliphatic carbocycles. The maximum atomic E-state index is 2.18. The zero-order valence-electron chi connectivity index (χ0n) is 9.99. The molecule has 1 nitrogen and oxygen atoms in total. The molecule has 0 aliphatic rings. The predicted octanol–water partition coefficient (Wildman–Crippen LogP) is 3.99. The van der Waals surface area contributed by atoms with E-state index < -0.39 is 0 Å². The highest BCUT2D eigenvalue weighted by molar-refractivity contribution is 5.50. The van der Waals surface area contributed by atoms with E-state index in [0.29, 0.717) is 0 Å². The van der Waals surface area contributed by atoms with Crippen molar-refractivity contribution in [3.8, 4) is 0 Å². The highest BCUT2D eigenvalue weighted by atomic mass is 15.1. The molecule has 0 aliphatic heterocycles. The number of rotatable bonds is 3. The number of allylic oxidation sites excluding steroid dienone is 4. The summed E-state index contributed by atoms with van der Waals surface area (Å²) in [4.78, 5) is 2.18. The second-order valence-electron chi connectivity index (χ2n) is 3.95. The van der Waals surface area contributed by atoms with E-state index in [4.69, 9.17) is 0 Å². The van der Waals surface area contributed by atoms with Gasteiger partial charge in [0.2, 0.25) is 0 Å². The highest BCUT2D eigenvalue weighted by Crippen LogP contribution is 2.16. The number of hydrogen-bond acceptors (Lipinski definition) is 1. The summed E-state index contributed by atoms with van der Waals surface area (Å²) < 4.78 is 0. The number of para-hydroxylation sites is 1. The molecule has 0 unspecified atom stereocenters. The molecule has 0 radical (unpaired) electrons. The van der Waals surface area contributed by atoms with Gasteiger partial charge in [-0.15, -0.1) is 0 Å². The third kappa shape index (κ3) is 3.62. The molecule has 0 fully saturated rings. The van der Waals surface area contributed by atoms with Crippen molar-refractivity contribution in [3.63, 3.8) is 0 Å². The lowest BCUT2D eigenvalue weighted by atomic mass is 10.2. The van der Waals surface area contributed by atoms with Gasteiger partial charge in [0, 0.05) is 18.4 Å². The van der Waals surface area contributed by atoms with E-state index in [9.17, 15) is 0 Å². The number of benzene rings is 1. The normalized spacial score (nSPS) is 11.1. The standard InChI is InChI=1S/C14H19N/c1-12(2)10-11-13(3)15(4)14-8-6-5-7-9-14/h5-11H,1-4H3. The fourth-order valence-corrected chi connectivity index (χ4v) is 1.25. The smallest absolute Gasteiger partial charge is 0.0405 e. The summed E-state index contributed by atoms with van der Waals surface area (Å²) in [7, 11) is 2.08.